The molecule has 1 amide bonds. The molecule has 3 aromatic rings. The molecule has 162 valence electrons. The molecule has 1 heterocycles. The number of hydrogen-bond acceptors (Lipinski definition) is 5. The topological polar surface area (TPSA) is 95.2 Å². The predicted octanol–water partition coefficient (Wildman–Crippen LogP) is 1.83. The first kappa shape index (κ1) is 22.2. The van der Waals surface area contributed by atoms with Crippen LogP contribution in [0.2, 0.25) is 0 Å². The fourth-order valence-corrected chi connectivity index (χ4v) is 3.11. The standard InChI is InChI=1S/C23H26N4O4/c1-16-9-11-19(12-10-16)27-23(30)26(15-18-8-5-4-7-17(18)2)22(29)20(25-27)21(28)24-13-6-14-31-3/h4-5,7-12H,6,13-15H2,1-3H3,(H,24,28). The first-order valence-corrected chi connectivity index (χ1v) is 10.0. The van der Waals surface area contributed by atoms with Crippen molar-refractivity contribution in [2.75, 3.05) is 20.3 Å². The van der Waals surface area contributed by atoms with Crippen LogP contribution in [0.15, 0.2) is 58.1 Å². The van der Waals surface area contributed by atoms with Gasteiger partial charge in [0, 0.05) is 20.3 Å². The van der Waals surface area contributed by atoms with Crippen LogP contribution in [0.4, 0.5) is 0 Å². The van der Waals surface area contributed by atoms with E-state index in [2.05, 4.69) is 10.4 Å². The summed E-state index contributed by atoms with van der Waals surface area (Å²) in [5.74, 6) is -0.625. The molecule has 1 N–H and O–H groups in total. The van der Waals surface area contributed by atoms with Gasteiger partial charge in [0.1, 0.15) is 0 Å². The SMILES string of the molecule is COCCCNC(=O)c1nn(-c2ccc(C)cc2)c(=O)n(Cc2ccccc2C)c1=O. The third kappa shape index (κ3) is 5.16. The van der Waals surface area contributed by atoms with Crippen molar-refractivity contribution in [1.82, 2.24) is 19.7 Å². The Bertz CT molecular complexity index is 1180. The van der Waals surface area contributed by atoms with Crippen molar-refractivity contribution >= 4 is 5.91 Å². The molecule has 31 heavy (non-hydrogen) atoms. The van der Waals surface area contributed by atoms with Crippen molar-refractivity contribution in [3.05, 3.63) is 91.8 Å². The number of aromatic nitrogens is 3. The lowest BCUT2D eigenvalue weighted by Gasteiger charge is -2.13. The molecule has 8 heteroatoms. The Morgan fingerprint density at radius 2 is 1.77 bits per heavy atom. The Labute approximate surface area is 180 Å². The molecular formula is C23H26N4O4. The number of rotatable bonds is 8. The van der Waals surface area contributed by atoms with Crippen LogP contribution in [0.1, 0.15) is 33.6 Å². The summed E-state index contributed by atoms with van der Waals surface area (Å²) in [4.78, 5) is 39.0. The Balaban J connectivity index is 2.10. The van der Waals surface area contributed by atoms with Gasteiger partial charge in [0.2, 0.25) is 5.69 Å². The summed E-state index contributed by atoms with van der Waals surface area (Å²) in [7, 11) is 1.57. The van der Waals surface area contributed by atoms with Crippen LogP contribution in [-0.2, 0) is 11.3 Å². The number of nitrogens with zero attached hydrogens (tertiary/aromatic N) is 3. The number of nitrogens with one attached hydrogen (secondary N) is 1. The highest BCUT2D eigenvalue weighted by atomic mass is 16.5. The van der Waals surface area contributed by atoms with Gasteiger partial charge in [0.15, 0.2) is 0 Å². The molecule has 0 saturated heterocycles. The van der Waals surface area contributed by atoms with E-state index in [-0.39, 0.29) is 12.2 Å². The van der Waals surface area contributed by atoms with E-state index in [1.54, 1.807) is 19.2 Å². The number of hydrogen-bond donors (Lipinski definition) is 1. The van der Waals surface area contributed by atoms with Crippen molar-refractivity contribution in [2.24, 2.45) is 0 Å². The maximum Gasteiger partial charge on any atom is 0.352 e. The lowest BCUT2D eigenvalue weighted by atomic mass is 10.1. The lowest BCUT2D eigenvalue weighted by molar-refractivity contribution is 0.0938. The number of ether oxygens (including phenoxy) is 1. The van der Waals surface area contributed by atoms with Gasteiger partial charge in [0.25, 0.3) is 11.5 Å². The van der Waals surface area contributed by atoms with Gasteiger partial charge in [-0.1, -0.05) is 42.0 Å². The van der Waals surface area contributed by atoms with Gasteiger partial charge in [-0.25, -0.2) is 4.79 Å². The number of carbonyl (C=O) groups excluding carboxylic acids is 1. The Morgan fingerprint density at radius 3 is 2.45 bits per heavy atom. The molecule has 8 nitrogen and oxygen atoms in total. The van der Waals surface area contributed by atoms with Gasteiger partial charge < -0.3 is 10.1 Å². The molecule has 0 atom stereocenters. The van der Waals surface area contributed by atoms with Crippen LogP contribution in [0.3, 0.4) is 0 Å². The fourth-order valence-electron chi connectivity index (χ4n) is 3.11. The molecule has 0 aliphatic rings. The third-order valence-corrected chi connectivity index (χ3v) is 4.95. The van der Waals surface area contributed by atoms with Gasteiger partial charge in [-0.05, 0) is 43.5 Å². The van der Waals surface area contributed by atoms with Crippen LogP contribution in [0.25, 0.3) is 5.69 Å². The van der Waals surface area contributed by atoms with Gasteiger partial charge in [-0.3, -0.25) is 14.2 Å². The Morgan fingerprint density at radius 1 is 1.06 bits per heavy atom. The molecular weight excluding hydrogens is 396 g/mol. The molecule has 0 spiro atoms. The van der Waals surface area contributed by atoms with E-state index in [9.17, 15) is 14.4 Å². The van der Waals surface area contributed by atoms with Gasteiger partial charge in [-0.2, -0.15) is 9.78 Å². The fraction of sp³-hybridized carbons (Fsp3) is 0.304. The molecule has 0 fully saturated rings. The minimum absolute atomic E-state index is 0.0443. The summed E-state index contributed by atoms with van der Waals surface area (Å²) in [6.07, 6.45) is 0.594. The lowest BCUT2D eigenvalue weighted by Crippen LogP contribution is -2.46. The van der Waals surface area contributed by atoms with Gasteiger partial charge >= 0.3 is 5.69 Å². The molecule has 2 aromatic carbocycles. The summed E-state index contributed by atoms with van der Waals surface area (Å²) in [5, 5.41) is 6.80. The zero-order valence-electron chi connectivity index (χ0n) is 17.9. The summed E-state index contributed by atoms with van der Waals surface area (Å²) < 4.78 is 7.13. The van der Waals surface area contributed by atoms with Crippen molar-refractivity contribution in [3.8, 4) is 5.69 Å². The van der Waals surface area contributed by atoms with E-state index in [0.717, 1.165) is 25.9 Å². The molecule has 0 radical (unpaired) electrons. The zero-order chi connectivity index (χ0) is 22.4. The number of methoxy groups -OCH3 is 1. The van der Waals surface area contributed by atoms with Gasteiger partial charge in [-0.15, -0.1) is 0 Å². The Kier molecular flexibility index (Phi) is 7.15. The van der Waals surface area contributed by atoms with Crippen LogP contribution >= 0.6 is 0 Å². The van der Waals surface area contributed by atoms with E-state index in [4.69, 9.17) is 4.74 Å². The largest absolute Gasteiger partial charge is 0.385 e. The van der Waals surface area contributed by atoms with E-state index in [1.807, 2.05) is 50.2 Å². The maximum atomic E-state index is 13.2. The van der Waals surface area contributed by atoms with E-state index in [1.165, 1.54) is 0 Å². The van der Waals surface area contributed by atoms with E-state index in [0.29, 0.717) is 25.3 Å². The number of amides is 1. The smallest absolute Gasteiger partial charge is 0.352 e. The highest BCUT2D eigenvalue weighted by molar-refractivity contribution is 5.91. The number of carbonyl (C=O) groups is 1. The van der Waals surface area contributed by atoms with Crippen molar-refractivity contribution < 1.29 is 9.53 Å². The minimum atomic E-state index is -0.721. The third-order valence-electron chi connectivity index (χ3n) is 4.95. The number of aryl methyl sites for hydroxylation is 2. The van der Waals surface area contributed by atoms with Crippen molar-refractivity contribution in [1.29, 1.82) is 0 Å². The van der Waals surface area contributed by atoms with Crippen LogP contribution in [-0.4, -0.2) is 40.5 Å². The normalized spacial score (nSPS) is 10.8. The highest BCUT2D eigenvalue weighted by Gasteiger charge is 2.20. The molecule has 0 bridgehead atoms. The molecule has 0 saturated carbocycles. The van der Waals surface area contributed by atoms with E-state index < -0.39 is 17.2 Å². The second-order valence-corrected chi connectivity index (χ2v) is 7.30. The summed E-state index contributed by atoms with van der Waals surface area (Å²) >= 11 is 0. The second-order valence-electron chi connectivity index (χ2n) is 7.30. The average Bonchev–Trinajstić information content (AvgIpc) is 2.76. The Hall–Kier alpha value is -3.52. The molecule has 0 unspecified atom stereocenters. The molecule has 1 aromatic heterocycles. The average molecular weight is 422 g/mol. The predicted molar refractivity (Wildman–Crippen MR) is 118 cm³/mol. The van der Waals surface area contributed by atoms with Crippen LogP contribution in [0, 0.1) is 13.8 Å². The zero-order valence-corrected chi connectivity index (χ0v) is 17.9. The van der Waals surface area contributed by atoms with Gasteiger partial charge in [0.05, 0.1) is 12.2 Å². The van der Waals surface area contributed by atoms with Crippen LogP contribution in [0.5, 0.6) is 0 Å². The van der Waals surface area contributed by atoms with Crippen LogP contribution < -0.4 is 16.6 Å². The van der Waals surface area contributed by atoms with Crippen molar-refractivity contribution in [2.45, 2.75) is 26.8 Å². The quantitative estimate of drug-likeness (QED) is 0.559. The molecule has 3 rings (SSSR count). The van der Waals surface area contributed by atoms with E-state index >= 15 is 0 Å². The maximum absolute atomic E-state index is 13.2. The monoisotopic (exact) mass is 422 g/mol. The second kappa shape index (κ2) is 9.99. The summed E-state index contributed by atoms with van der Waals surface area (Å²) in [6, 6.07) is 14.6. The minimum Gasteiger partial charge on any atom is -0.385 e. The first-order chi connectivity index (χ1) is 14.9. The first-order valence-electron chi connectivity index (χ1n) is 10.0. The highest BCUT2D eigenvalue weighted by Crippen LogP contribution is 2.09. The summed E-state index contributed by atoms with van der Waals surface area (Å²) in [5.41, 5.74) is 1.59. The van der Waals surface area contributed by atoms with Crippen molar-refractivity contribution in [3.63, 3.8) is 0 Å². The number of benzene rings is 2. The molecule has 0 aliphatic heterocycles. The summed E-state index contributed by atoms with van der Waals surface area (Å²) in [6.45, 7) is 4.69. The molecule has 0 aliphatic carbocycles.